The minimum Gasteiger partial charge on any atom is -0.457 e. The van der Waals surface area contributed by atoms with E-state index in [9.17, 15) is 4.79 Å². The molecule has 2 nitrogen and oxygen atoms in total. The van der Waals surface area contributed by atoms with Gasteiger partial charge in [0.15, 0.2) is 0 Å². The zero-order valence-electron chi connectivity index (χ0n) is 10.5. The molecule has 0 unspecified atom stereocenters. The summed E-state index contributed by atoms with van der Waals surface area (Å²) in [5.74, 6) is -0.272. The first-order chi connectivity index (χ1) is 9.72. The topological polar surface area (TPSA) is 26.3 Å². The monoisotopic (exact) mass is 346 g/mol. The first-order valence-corrected chi connectivity index (χ1v) is 7.73. The van der Waals surface area contributed by atoms with Crippen LogP contribution in [0.1, 0.15) is 15.2 Å². The van der Waals surface area contributed by atoms with Crippen LogP contribution >= 0.6 is 27.3 Å². The highest BCUT2D eigenvalue weighted by molar-refractivity contribution is 9.10. The van der Waals surface area contributed by atoms with Gasteiger partial charge in [0.05, 0.1) is 0 Å². The quantitative estimate of drug-likeness (QED) is 0.622. The highest BCUT2D eigenvalue weighted by Gasteiger charge is 2.12. The van der Waals surface area contributed by atoms with Crippen LogP contribution in [0.15, 0.2) is 59.1 Å². The zero-order chi connectivity index (χ0) is 13.9. The number of benzene rings is 2. The van der Waals surface area contributed by atoms with Gasteiger partial charge in [0, 0.05) is 9.17 Å². The number of thiophene rings is 1. The zero-order valence-corrected chi connectivity index (χ0v) is 12.9. The van der Waals surface area contributed by atoms with Gasteiger partial charge < -0.3 is 4.74 Å². The van der Waals surface area contributed by atoms with Crippen molar-refractivity contribution in [1.82, 2.24) is 0 Å². The number of halogens is 1. The minimum absolute atomic E-state index is 0.272. The molecule has 0 amide bonds. The van der Waals surface area contributed by atoms with Gasteiger partial charge in [-0.15, -0.1) is 11.3 Å². The third-order valence-electron chi connectivity index (χ3n) is 2.89. The Kier molecular flexibility index (Phi) is 3.85. The summed E-state index contributed by atoms with van der Waals surface area (Å²) in [6, 6.07) is 17.5. The molecule has 0 saturated carbocycles. The van der Waals surface area contributed by atoms with Crippen molar-refractivity contribution in [2.45, 2.75) is 6.61 Å². The van der Waals surface area contributed by atoms with E-state index in [4.69, 9.17) is 4.74 Å². The third-order valence-corrected chi connectivity index (χ3v) is 4.48. The molecule has 0 spiro atoms. The van der Waals surface area contributed by atoms with E-state index in [2.05, 4.69) is 15.9 Å². The molecule has 0 atom stereocenters. The molecule has 2 aromatic carbocycles. The number of carbonyl (C=O) groups is 1. The van der Waals surface area contributed by atoms with Crippen LogP contribution in [0, 0.1) is 0 Å². The Morgan fingerprint density at radius 3 is 2.70 bits per heavy atom. The number of fused-ring (bicyclic) bond motifs is 1. The van der Waals surface area contributed by atoms with Crippen molar-refractivity contribution < 1.29 is 9.53 Å². The molecule has 0 aliphatic rings. The minimum atomic E-state index is -0.272. The Labute approximate surface area is 129 Å². The molecule has 3 rings (SSSR count). The molecule has 3 aromatic rings. The fourth-order valence-electron chi connectivity index (χ4n) is 1.91. The Morgan fingerprint density at radius 1 is 1.10 bits per heavy atom. The van der Waals surface area contributed by atoms with Gasteiger partial charge in [-0.1, -0.05) is 46.3 Å². The number of hydrogen-bond donors (Lipinski definition) is 0. The molecule has 0 aliphatic heterocycles. The summed E-state index contributed by atoms with van der Waals surface area (Å²) in [6.45, 7) is 0.303. The standard InChI is InChI=1S/C16H11BrO2S/c17-13-6-7-14-12(8-13)9-15(20-14)16(18)19-10-11-4-2-1-3-5-11/h1-9H,10H2. The van der Waals surface area contributed by atoms with Crippen molar-refractivity contribution in [3.05, 3.63) is 69.5 Å². The summed E-state index contributed by atoms with van der Waals surface area (Å²) in [7, 11) is 0. The van der Waals surface area contributed by atoms with Gasteiger partial charge in [0.1, 0.15) is 11.5 Å². The van der Waals surface area contributed by atoms with Crippen molar-refractivity contribution in [2.24, 2.45) is 0 Å². The fraction of sp³-hybridized carbons (Fsp3) is 0.0625. The lowest BCUT2D eigenvalue weighted by molar-refractivity contribution is 0.0478. The largest absolute Gasteiger partial charge is 0.457 e. The van der Waals surface area contributed by atoms with Gasteiger partial charge in [-0.3, -0.25) is 0 Å². The summed E-state index contributed by atoms with van der Waals surface area (Å²) >= 11 is 4.88. The third kappa shape index (κ3) is 2.92. The van der Waals surface area contributed by atoms with Crippen molar-refractivity contribution in [3.63, 3.8) is 0 Å². The molecule has 20 heavy (non-hydrogen) atoms. The van der Waals surface area contributed by atoms with E-state index in [0.29, 0.717) is 11.5 Å². The second kappa shape index (κ2) is 5.77. The predicted octanol–water partition coefficient (Wildman–Crippen LogP) is 5.02. The fourth-order valence-corrected chi connectivity index (χ4v) is 3.22. The van der Waals surface area contributed by atoms with Crippen LogP contribution in [0.4, 0.5) is 0 Å². The van der Waals surface area contributed by atoms with Gasteiger partial charge in [-0.05, 0) is 35.2 Å². The molecule has 0 bridgehead atoms. The van der Waals surface area contributed by atoms with E-state index < -0.39 is 0 Å². The second-order valence-electron chi connectivity index (χ2n) is 4.35. The van der Waals surface area contributed by atoms with E-state index in [1.807, 2.05) is 54.6 Å². The summed E-state index contributed by atoms with van der Waals surface area (Å²) in [6.07, 6.45) is 0. The van der Waals surface area contributed by atoms with Gasteiger partial charge in [-0.25, -0.2) is 4.79 Å². The van der Waals surface area contributed by atoms with Crippen molar-refractivity contribution in [2.75, 3.05) is 0 Å². The van der Waals surface area contributed by atoms with Crippen LogP contribution in [0.3, 0.4) is 0 Å². The maximum atomic E-state index is 12.0. The summed E-state index contributed by atoms with van der Waals surface area (Å²) < 4.78 is 7.42. The van der Waals surface area contributed by atoms with Crippen LogP contribution < -0.4 is 0 Å². The molecule has 0 N–H and O–H groups in total. The highest BCUT2D eigenvalue weighted by atomic mass is 79.9. The predicted molar refractivity (Wildman–Crippen MR) is 85.1 cm³/mol. The smallest absolute Gasteiger partial charge is 0.348 e. The van der Waals surface area contributed by atoms with Crippen molar-refractivity contribution in [3.8, 4) is 0 Å². The Morgan fingerprint density at radius 2 is 1.90 bits per heavy atom. The molecule has 0 radical (unpaired) electrons. The van der Waals surface area contributed by atoms with Gasteiger partial charge >= 0.3 is 5.97 Å². The van der Waals surface area contributed by atoms with E-state index >= 15 is 0 Å². The first-order valence-electron chi connectivity index (χ1n) is 6.12. The SMILES string of the molecule is O=C(OCc1ccccc1)c1cc2cc(Br)ccc2s1. The van der Waals surface area contributed by atoms with E-state index in [1.54, 1.807) is 0 Å². The summed E-state index contributed by atoms with van der Waals surface area (Å²) in [5.41, 5.74) is 0.990. The lowest BCUT2D eigenvalue weighted by Crippen LogP contribution is -2.02. The second-order valence-corrected chi connectivity index (χ2v) is 6.35. The number of hydrogen-bond acceptors (Lipinski definition) is 3. The van der Waals surface area contributed by atoms with Crippen molar-refractivity contribution >= 4 is 43.3 Å². The molecule has 1 heterocycles. The molecule has 4 heteroatoms. The maximum absolute atomic E-state index is 12.0. The van der Waals surface area contributed by atoms with E-state index in [0.717, 1.165) is 20.1 Å². The van der Waals surface area contributed by atoms with Crippen LogP contribution in [-0.2, 0) is 11.3 Å². The lowest BCUT2D eigenvalue weighted by Gasteiger charge is -2.02. The van der Waals surface area contributed by atoms with Crippen LogP contribution in [-0.4, -0.2) is 5.97 Å². The first kappa shape index (κ1) is 13.3. The number of carbonyl (C=O) groups excluding carboxylic acids is 1. The summed E-state index contributed by atoms with van der Waals surface area (Å²) in [5, 5.41) is 1.05. The molecule has 0 fully saturated rings. The highest BCUT2D eigenvalue weighted by Crippen LogP contribution is 2.28. The van der Waals surface area contributed by atoms with Crippen LogP contribution in [0.5, 0.6) is 0 Å². The Bertz CT molecular complexity index is 750. The Balaban J connectivity index is 1.75. The molecular formula is C16H11BrO2S. The average Bonchev–Trinajstić information content (AvgIpc) is 2.89. The van der Waals surface area contributed by atoms with Crippen molar-refractivity contribution in [1.29, 1.82) is 0 Å². The molecule has 1 aromatic heterocycles. The van der Waals surface area contributed by atoms with Gasteiger partial charge in [-0.2, -0.15) is 0 Å². The van der Waals surface area contributed by atoms with Crippen LogP contribution in [0.25, 0.3) is 10.1 Å². The summed E-state index contributed by atoms with van der Waals surface area (Å²) in [4.78, 5) is 12.7. The average molecular weight is 347 g/mol. The maximum Gasteiger partial charge on any atom is 0.348 e. The van der Waals surface area contributed by atoms with E-state index in [-0.39, 0.29) is 5.97 Å². The number of ether oxygens (including phenoxy) is 1. The Hall–Kier alpha value is -1.65. The van der Waals surface area contributed by atoms with Gasteiger partial charge in [0.25, 0.3) is 0 Å². The number of rotatable bonds is 3. The molecular weight excluding hydrogens is 336 g/mol. The van der Waals surface area contributed by atoms with Crippen LogP contribution in [0.2, 0.25) is 0 Å². The van der Waals surface area contributed by atoms with Gasteiger partial charge in [0.2, 0.25) is 0 Å². The van der Waals surface area contributed by atoms with E-state index in [1.165, 1.54) is 11.3 Å². The molecule has 0 aliphatic carbocycles. The molecule has 100 valence electrons. The normalized spacial score (nSPS) is 10.7. The number of esters is 1. The lowest BCUT2D eigenvalue weighted by atomic mass is 10.2. The molecule has 0 saturated heterocycles.